The van der Waals surface area contributed by atoms with Gasteiger partial charge in [-0.15, -0.1) is 0 Å². The molecule has 0 heterocycles. The molecule has 2 bridgehead atoms. The first-order valence-corrected chi connectivity index (χ1v) is 6.85. The summed E-state index contributed by atoms with van der Waals surface area (Å²) in [5.74, 6) is 5.81. The highest BCUT2D eigenvalue weighted by molar-refractivity contribution is 5.06. The van der Waals surface area contributed by atoms with Gasteiger partial charge in [-0.05, 0) is 53.8 Å². The smallest absolute Gasteiger partial charge is 0.0294 e. The molecule has 0 heteroatoms. The van der Waals surface area contributed by atoms with Gasteiger partial charge in [-0.3, -0.25) is 0 Å². The maximum Gasteiger partial charge on any atom is -0.0294 e. The molecular weight excluding hydrogens is 180 g/mol. The lowest BCUT2D eigenvalue weighted by Crippen LogP contribution is -2.57. The van der Waals surface area contributed by atoms with E-state index in [4.69, 9.17) is 0 Å². The monoisotopic (exact) mass is 208 g/mol. The topological polar surface area (TPSA) is 0 Å². The number of hydrogen-bond acceptors (Lipinski definition) is 0. The Bertz CT molecular complexity index is 234. The molecule has 0 radical (unpaired) electrons. The fourth-order valence-electron chi connectivity index (χ4n) is 4.57. The first-order chi connectivity index (χ1) is 6.85. The van der Waals surface area contributed by atoms with Crippen LogP contribution in [0.5, 0.6) is 0 Å². The Morgan fingerprint density at radius 3 is 1.93 bits per heavy atom. The summed E-state index contributed by atoms with van der Waals surface area (Å²) in [7, 11) is 0. The Morgan fingerprint density at radius 2 is 1.53 bits per heavy atom. The summed E-state index contributed by atoms with van der Waals surface area (Å²) in [5.41, 5.74) is 0.653. The average molecular weight is 208 g/mol. The summed E-state index contributed by atoms with van der Waals surface area (Å²) in [6.45, 7) is 14.8. The van der Waals surface area contributed by atoms with Gasteiger partial charge in [-0.2, -0.15) is 0 Å². The van der Waals surface area contributed by atoms with Crippen molar-refractivity contribution in [3.63, 3.8) is 0 Å². The number of hydrogen-bond donors (Lipinski definition) is 0. The summed E-state index contributed by atoms with van der Waals surface area (Å²) in [6, 6.07) is 0. The van der Waals surface area contributed by atoms with Crippen molar-refractivity contribution in [1.29, 1.82) is 0 Å². The van der Waals surface area contributed by atoms with Crippen LogP contribution in [0, 0.1) is 40.9 Å². The predicted octanol–water partition coefficient (Wildman–Crippen LogP) is 4.60. The van der Waals surface area contributed by atoms with Gasteiger partial charge in [0.2, 0.25) is 0 Å². The van der Waals surface area contributed by atoms with Crippen molar-refractivity contribution in [2.75, 3.05) is 0 Å². The van der Waals surface area contributed by atoms with Crippen molar-refractivity contribution in [3.8, 4) is 0 Å². The van der Waals surface area contributed by atoms with Crippen molar-refractivity contribution in [2.24, 2.45) is 40.9 Å². The van der Waals surface area contributed by atoms with Crippen LogP contribution in [0.2, 0.25) is 0 Å². The van der Waals surface area contributed by atoms with E-state index in [1.807, 2.05) is 0 Å². The van der Waals surface area contributed by atoms with Crippen LogP contribution in [0.25, 0.3) is 0 Å². The quantitative estimate of drug-likeness (QED) is 0.622. The van der Waals surface area contributed by atoms with E-state index in [1.54, 1.807) is 0 Å². The molecule has 0 aliphatic heterocycles. The van der Waals surface area contributed by atoms with Gasteiger partial charge in [0.1, 0.15) is 0 Å². The molecule has 3 aliphatic carbocycles. The zero-order valence-electron chi connectivity index (χ0n) is 11.4. The summed E-state index contributed by atoms with van der Waals surface area (Å²) in [4.78, 5) is 0. The molecule has 88 valence electrons. The van der Waals surface area contributed by atoms with Crippen LogP contribution in [-0.2, 0) is 0 Å². The largest absolute Gasteiger partial charge is 0.0625 e. The fraction of sp³-hybridized carbons (Fsp3) is 1.00. The van der Waals surface area contributed by atoms with Gasteiger partial charge >= 0.3 is 0 Å². The van der Waals surface area contributed by atoms with Crippen molar-refractivity contribution in [2.45, 2.75) is 54.4 Å². The van der Waals surface area contributed by atoms with Gasteiger partial charge in [0.25, 0.3) is 0 Å². The second-order valence-electron chi connectivity index (χ2n) is 7.33. The van der Waals surface area contributed by atoms with Crippen LogP contribution >= 0.6 is 0 Å². The second kappa shape index (κ2) is 3.50. The van der Waals surface area contributed by atoms with Crippen molar-refractivity contribution >= 4 is 0 Å². The van der Waals surface area contributed by atoms with Crippen molar-refractivity contribution < 1.29 is 0 Å². The first kappa shape index (κ1) is 11.5. The molecule has 0 amide bonds. The fourth-order valence-corrected chi connectivity index (χ4v) is 4.57. The van der Waals surface area contributed by atoms with Crippen LogP contribution in [0.15, 0.2) is 0 Å². The van der Waals surface area contributed by atoms with Crippen LogP contribution in [0.4, 0.5) is 0 Å². The highest BCUT2D eigenvalue weighted by Crippen LogP contribution is 2.65. The Balaban J connectivity index is 2.20. The van der Waals surface area contributed by atoms with Crippen LogP contribution in [-0.4, -0.2) is 0 Å². The van der Waals surface area contributed by atoms with E-state index < -0.39 is 0 Å². The van der Waals surface area contributed by atoms with Crippen LogP contribution in [0.3, 0.4) is 0 Å². The third-order valence-corrected chi connectivity index (χ3v) is 5.69. The summed E-state index contributed by atoms with van der Waals surface area (Å²) in [5, 5.41) is 0. The second-order valence-corrected chi connectivity index (χ2v) is 7.33. The Kier molecular flexibility index (Phi) is 2.68. The zero-order valence-corrected chi connectivity index (χ0v) is 11.4. The maximum absolute atomic E-state index is 2.51. The molecule has 0 saturated heterocycles. The van der Waals surface area contributed by atoms with E-state index in [-0.39, 0.29) is 0 Å². The Hall–Kier alpha value is 0. The first-order valence-electron chi connectivity index (χ1n) is 6.85. The summed E-state index contributed by atoms with van der Waals surface area (Å²) in [6.07, 6.45) is 3.03. The van der Waals surface area contributed by atoms with Crippen LogP contribution in [0.1, 0.15) is 54.4 Å². The van der Waals surface area contributed by atoms with E-state index in [1.165, 1.54) is 12.8 Å². The normalized spacial score (nSPS) is 43.2. The average Bonchev–Trinajstić information content (AvgIpc) is 2.16. The van der Waals surface area contributed by atoms with E-state index in [2.05, 4.69) is 41.5 Å². The van der Waals surface area contributed by atoms with Crippen molar-refractivity contribution in [3.05, 3.63) is 0 Å². The minimum Gasteiger partial charge on any atom is -0.0625 e. The minimum atomic E-state index is 0.653. The third kappa shape index (κ3) is 1.56. The summed E-state index contributed by atoms with van der Waals surface area (Å²) < 4.78 is 0. The van der Waals surface area contributed by atoms with E-state index in [0.29, 0.717) is 5.41 Å². The van der Waals surface area contributed by atoms with Gasteiger partial charge in [0.05, 0.1) is 0 Å². The highest BCUT2D eigenvalue weighted by atomic mass is 14.6. The highest BCUT2D eigenvalue weighted by Gasteiger charge is 2.58. The minimum absolute atomic E-state index is 0.653. The predicted molar refractivity (Wildman–Crippen MR) is 66.7 cm³/mol. The third-order valence-electron chi connectivity index (χ3n) is 5.69. The molecule has 3 fully saturated rings. The Labute approximate surface area is 95.8 Å². The van der Waals surface area contributed by atoms with E-state index >= 15 is 0 Å². The molecule has 3 aliphatic rings. The lowest BCUT2D eigenvalue weighted by atomic mass is 9.41. The van der Waals surface area contributed by atoms with Gasteiger partial charge < -0.3 is 0 Å². The molecule has 0 N–H and O–H groups in total. The molecule has 0 aromatic carbocycles. The molecule has 0 nitrogen and oxygen atoms in total. The molecule has 0 aromatic heterocycles. The molecule has 0 spiro atoms. The molecule has 0 unspecified atom stereocenters. The lowest BCUT2D eigenvalue weighted by molar-refractivity contribution is -0.156. The lowest BCUT2D eigenvalue weighted by Gasteiger charge is -2.64. The van der Waals surface area contributed by atoms with Crippen LogP contribution < -0.4 is 0 Å². The number of rotatable bonds is 2. The van der Waals surface area contributed by atoms with Gasteiger partial charge in [0, 0.05) is 0 Å². The molecule has 15 heavy (non-hydrogen) atoms. The standard InChI is InChI=1S/C15H28/c1-9(2)12-7-11-8-13(15(11,5)6)14(12)10(3)4/h9-14H,7-8H2,1-6H3/t11-,12-,13-,14-/m1/s1. The van der Waals surface area contributed by atoms with E-state index in [0.717, 1.165) is 35.5 Å². The van der Waals surface area contributed by atoms with Gasteiger partial charge in [-0.25, -0.2) is 0 Å². The zero-order chi connectivity index (χ0) is 11.4. The molecule has 3 saturated carbocycles. The number of fused-ring (bicyclic) bond motifs is 2. The molecule has 0 aromatic rings. The van der Waals surface area contributed by atoms with E-state index in [9.17, 15) is 0 Å². The molecular formula is C15H28. The maximum atomic E-state index is 2.51. The summed E-state index contributed by atoms with van der Waals surface area (Å²) >= 11 is 0. The molecule has 3 rings (SSSR count). The Morgan fingerprint density at radius 1 is 0.933 bits per heavy atom. The van der Waals surface area contributed by atoms with Gasteiger partial charge in [0.15, 0.2) is 0 Å². The molecule has 4 atom stereocenters. The SMILES string of the molecule is CC(C)[C@@H]1[C@@H](C(C)C)C[C@@H]2C[C@H]1C2(C)C. The van der Waals surface area contributed by atoms with Crippen molar-refractivity contribution in [1.82, 2.24) is 0 Å². The van der Waals surface area contributed by atoms with Gasteiger partial charge in [-0.1, -0.05) is 41.5 Å².